The summed E-state index contributed by atoms with van der Waals surface area (Å²) >= 11 is 0. The van der Waals surface area contributed by atoms with E-state index in [1.807, 2.05) is 6.33 Å². The van der Waals surface area contributed by atoms with Crippen molar-refractivity contribution in [1.82, 2.24) is 20.1 Å². The minimum Gasteiger partial charge on any atom is -0.316 e. The SMILES string of the molecule is CCCC(C)CNCCn1cnnc1CC. The maximum Gasteiger partial charge on any atom is 0.132 e. The van der Waals surface area contributed by atoms with Crippen LogP contribution in [0.4, 0.5) is 0 Å². The van der Waals surface area contributed by atoms with Crippen molar-refractivity contribution in [2.75, 3.05) is 13.1 Å². The molecule has 1 aromatic rings. The summed E-state index contributed by atoms with van der Waals surface area (Å²) in [6.07, 6.45) is 5.34. The second kappa shape index (κ2) is 7.39. The number of rotatable bonds is 8. The molecule has 0 spiro atoms. The Balaban J connectivity index is 2.16. The summed E-state index contributed by atoms with van der Waals surface area (Å²) in [5, 5.41) is 11.5. The molecule has 16 heavy (non-hydrogen) atoms. The van der Waals surface area contributed by atoms with Gasteiger partial charge in [0.15, 0.2) is 0 Å². The third kappa shape index (κ3) is 4.31. The van der Waals surface area contributed by atoms with Gasteiger partial charge in [-0.15, -0.1) is 10.2 Å². The summed E-state index contributed by atoms with van der Waals surface area (Å²) in [5.41, 5.74) is 0. The Morgan fingerprint density at radius 2 is 2.25 bits per heavy atom. The van der Waals surface area contributed by atoms with Crippen molar-refractivity contribution >= 4 is 0 Å². The molecule has 1 atom stereocenters. The number of hydrogen-bond acceptors (Lipinski definition) is 3. The Labute approximate surface area is 98.5 Å². The molecule has 1 rings (SSSR count). The first-order chi connectivity index (χ1) is 7.77. The zero-order valence-electron chi connectivity index (χ0n) is 10.7. The second-order valence-corrected chi connectivity index (χ2v) is 4.39. The van der Waals surface area contributed by atoms with Crippen molar-refractivity contribution < 1.29 is 0 Å². The summed E-state index contributed by atoms with van der Waals surface area (Å²) in [7, 11) is 0. The summed E-state index contributed by atoms with van der Waals surface area (Å²) < 4.78 is 2.12. The highest BCUT2D eigenvalue weighted by Crippen LogP contribution is 2.02. The summed E-state index contributed by atoms with van der Waals surface area (Å²) in [6.45, 7) is 9.72. The van der Waals surface area contributed by atoms with Crippen molar-refractivity contribution in [1.29, 1.82) is 0 Å². The molecular formula is C12H24N4. The first-order valence-corrected chi connectivity index (χ1v) is 6.35. The smallest absolute Gasteiger partial charge is 0.132 e. The lowest BCUT2D eigenvalue weighted by atomic mass is 10.1. The Morgan fingerprint density at radius 3 is 2.94 bits per heavy atom. The summed E-state index contributed by atoms with van der Waals surface area (Å²) in [5.74, 6) is 1.85. The second-order valence-electron chi connectivity index (χ2n) is 4.39. The molecule has 0 saturated carbocycles. The number of hydrogen-bond donors (Lipinski definition) is 1. The van der Waals surface area contributed by atoms with E-state index >= 15 is 0 Å². The van der Waals surface area contributed by atoms with E-state index in [1.54, 1.807) is 0 Å². The van der Waals surface area contributed by atoms with Crippen LogP contribution in [-0.2, 0) is 13.0 Å². The van der Waals surface area contributed by atoms with Gasteiger partial charge < -0.3 is 9.88 Å². The predicted octanol–water partition coefficient (Wildman–Crippen LogP) is 1.87. The van der Waals surface area contributed by atoms with Crippen LogP contribution in [-0.4, -0.2) is 27.9 Å². The lowest BCUT2D eigenvalue weighted by Gasteiger charge is -2.11. The Bertz CT molecular complexity index is 282. The predicted molar refractivity (Wildman–Crippen MR) is 66.3 cm³/mol. The lowest BCUT2D eigenvalue weighted by Crippen LogP contribution is -2.25. The maximum absolute atomic E-state index is 4.06. The molecule has 92 valence electrons. The van der Waals surface area contributed by atoms with E-state index in [-0.39, 0.29) is 0 Å². The molecule has 0 radical (unpaired) electrons. The largest absolute Gasteiger partial charge is 0.316 e. The van der Waals surface area contributed by atoms with E-state index in [0.29, 0.717) is 0 Å². The number of nitrogens with zero attached hydrogens (tertiary/aromatic N) is 3. The van der Waals surface area contributed by atoms with Gasteiger partial charge in [0.25, 0.3) is 0 Å². The van der Waals surface area contributed by atoms with Gasteiger partial charge >= 0.3 is 0 Å². The Hall–Kier alpha value is -0.900. The van der Waals surface area contributed by atoms with E-state index in [9.17, 15) is 0 Å². The fraction of sp³-hybridized carbons (Fsp3) is 0.833. The molecule has 0 aliphatic heterocycles. The fourth-order valence-corrected chi connectivity index (χ4v) is 1.88. The topological polar surface area (TPSA) is 42.7 Å². The van der Waals surface area contributed by atoms with Crippen LogP contribution in [0.2, 0.25) is 0 Å². The van der Waals surface area contributed by atoms with Gasteiger partial charge in [0.1, 0.15) is 12.2 Å². The molecule has 1 unspecified atom stereocenters. The first-order valence-electron chi connectivity index (χ1n) is 6.35. The molecular weight excluding hydrogens is 200 g/mol. The van der Waals surface area contributed by atoms with Gasteiger partial charge in [0.2, 0.25) is 0 Å². The zero-order chi connectivity index (χ0) is 11.8. The van der Waals surface area contributed by atoms with Crippen LogP contribution >= 0.6 is 0 Å². The number of aromatic nitrogens is 3. The van der Waals surface area contributed by atoms with Crippen LogP contribution in [0.3, 0.4) is 0 Å². The van der Waals surface area contributed by atoms with Crippen LogP contribution < -0.4 is 5.32 Å². The molecule has 1 aromatic heterocycles. The average Bonchev–Trinajstić information content (AvgIpc) is 2.72. The standard InChI is InChI=1S/C12H24N4/c1-4-6-11(3)9-13-7-8-16-10-14-15-12(16)5-2/h10-11,13H,4-9H2,1-3H3. The quantitative estimate of drug-likeness (QED) is 0.685. The van der Waals surface area contributed by atoms with Gasteiger partial charge in [0.05, 0.1) is 0 Å². The zero-order valence-corrected chi connectivity index (χ0v) is 10.7. The molecule has 0 aromatic carbocycles. The minimum atomic E-state index is 0.775. The van der Waals surface area contributed by atoms with Gasteiger partial charge in [-0.05, 0) is 18.9 Å². The molecule has 0 aliphatic rings. The van der Waals surface area contributed by atoms with E-state index in [1.165, 1.54) is 12.8 Å². The van der Waals surface area contributed by atoms with Crippen LogP contribution in [0.15, 0.2) is 6.33 Å². The molecule has 0 amide bonds. The van der Waals surface area contributed by atoms with Gasteiger partial charge in [0, 0.05) is 19.5 Å². The van der Waals surface area contributed by atoms with Gasteiger partial charge in [-0.3, -0.25) is 0 Å². The van der Waals surface area contributed by atoms with Gasteiger partial charge in [-0.1, -0.05) is 27.2 Å². The Morgan fingerprint density at radius 1 is 1.44 bits per heavy atom. The lowest BCUT2D eigenvalue weighted by molar-refractivity contribution is 0.463. The van der Waals surface area contributed by atoms with Gasteiger partial charge in [-0.25, -0.2) is 0 Å². The van der Waals surface area contributed by atoms with Crippen molar-refractivity contribution in [3.63, 3.8) is 0 Å². The molecule has 1 heterocycles. The van der Waals surface area contributed by atoms with Gasteiger partial charge in [-0.2, -0.15) is 0 Å². The number of aryl methyl sites for hydroxylation is 1. The van der Waals surface area contributed by atoms with Crippen molar-refractivity contribution in [3.8, 4) is 0 Å². The minimum absolute atomic E-state index is 0.775. The average molecular weight is 224 g/mol. The molecule has 4 nitrogen and oxygen atoms in total. The highest BCUT2D eigenvalue weighted by Gasteiger charge is 2.02. The number of nitrogens with one attached hydrogen (secondary N) is 1. The van der Waals surface area contributed by atoms with E-state index in [0.717, 1.165) is 37.8 Å². The van der Waals surface area contributed by atoms with E-state index in [4.69, 9.17) is 0 Å². The van der Waals surface area contributed by atoms with Crippen molar-refractivity contribution in [2.45, 2.75) is 46.6 Å². The van der Waals surface area contributed by atoms with Crippen LogP contribution in [0.5, 0.6) is 0 Å². The van der Waals surface area contributed by atoms with Crippen LogP contribution in [0, 0.1) is 5.92 Å². The normalized spacial score (nSPS) is 12.9. The third-order valence-electron chi connectivity index (χ3n) is 2.82. The van der Waals surface area contributed by atoms with E-state index < -0.39 is 0 Å². The molecule has 0 aliphatic carbocycles. The maximum atomic E-state index is 4.06. The van der Waals surface area contributed by atoms with Crippen molar-refractivity contribution in [3.05, 3.63) is 12.2 Å². The summed E-state index contributed by atoms with van der Waals surface area (Å²) in [6, 6.07) is 0. The highest BCUT2D eigenvalue weighted by atomic mass is 15.3. The summed E-state index contributed by atoms with van der Waals surface area (Å²) in [4.78, 5) is 0. The highest BCUT2D eigenvalue weighted by molar-refractivity contribution is 4.84. The molecule has 1 N–H and O–H groups in total. The molecule has 0 saturated heterocycles. The Kier molecular flexibility index (Phi) is 6.08. The first kappa shape index (κ1) is 13.2. The van der Waals surface area contributed by atoms with E-state index in [2.05, 4.69) is 40.9 Å². The molecule has 0 fully saturated rings. The fourth-order valence-electron chi connectivity index (χ4n) is 1.88. The third-order valence-corrected chi connectivity index (χ3v) is 2.82. The van der Waals surface area contributed by atoms with Crippen LogP contribution in [0.1, 0.15) is 39.4 Å². The molecule has 4 heteroatoms. The van der Waals surface area contributed by atoms with Crippen LogP contribution in [0.25, 0.3) is 0 Å². The monoisotopic (exact) mass is 224 g/mol. The van der Waals surface area contributed by atoms with Crippen molar-refractivity contribution in [2.24, 2.45) is 5.92 Å². The molecule has 0 bridgehead atoms.